The molecule has 0 unspecified atom stereocenters. The van der Waals surface area contributed by atoms with Gasteiger partial charge < -0.3 is 10.2 Å². The van der Waals surface area contributed by atoms with Crippen molar-refractivity contribution in [3.63, 3.8) is 0 Å². The van der Waals surface area contributed by atoms with Crippen LogP contribution >= 0.6 is 24.0 Å². The Balaban J connectivity index is 0.00000324. The fourth-order valence-electron chi connectivity index (χ4n) is 1.74. The molecule has 0 spiro atoms. The maximum Gasteiger partial charge on any atom is 0.194 e. The lowest BCUT2D eigenvalue weighted by molar-refractivity contribution is 0.477. The normalized spacial score (nSPS) is 10.6. The van der Waals surface area contributed by atoms with Gasteiger partial charge in [-0.15, -0.1) is 30.6 Å². The molecule has 1 aromatic carbocycles. The summed E-state index contributed by atoms with van der Waals surface area (Å²) >= 11 is 0. The molecule has 0 atom stereocenters. The highest BCUT2D eigenvalue weighted by Crippen LogP contribution is 2.09. The second kappa shape index (κ2) is 9.83. The van der Waals surface area contributed by atoms with Crippen LogP contribution in [0.25, 0.3) is 0 Å². The first kappa shape index (κ1) is 18.0. The quantitative estimate of drug-likeness (QED) is 0.372. The molecule has 0 aliphatic heterocycles. The summed E-state index contributed by atoms with van der Waals surface area (Å²) in [4.78, 5) is 6.61. The number of hydrogen-bond acceptors (Lipinski definition) is 1. The van der Waals surface area contributed by atoms with E-state index < -0.39 is 0 Å². The molecule has 0 radical (unpaired) electrons. The molecule has 0 amide bonds. The number of guanidine groups is 1. The van der Waals surface area contributed by atoms with Gasteiger partial charge in [-0.1, -0.05) is 30.3 Å². The third-order valence-electron chi connectivity index (χ3n) is 2.74. The third-order valence-corrected chi connectivity index (χ3v) is 2.74. The lowest BCUT2D eigenvalue weighted by Crippen LogP contribution is -2.38. The van der Waals surface area contributed by atoms with E-state index in [1.807, 2.05) is 0 Å². The van der Waals surface area contributed by atoms with Gasteiger partial charge in [0.05, 0.1) is 6.54 Å². The number of halogens is 1. The standard InChI is InChI=1S/C15H23N3.HI/c1-5-11-17-15(16-6-2)18(4)12-14-10-8-7-9-13(14)3;/h5,7-10H,1,6,11-12H2,2-4H3,(H,16,17);1H. The average molecular weight is 373 g/mol. The minimum absolute atomic E-state index is 0. The molecular formula is C15H24IN3. The first-order valence-electron chi connectivity index (χ1n) is 6.33. The summed E-state index contributed by atoms with van der Waals surface area (Å²) < 4.78 is 0. The number of aliphatic imine (C=N–C) groups is 1. The summed E-state index contributed by atoms with van der Waals surface area (Å²) in [6.45, 7) is 10.3. The number of nitrogens with one attached hydrogen (secondary N) is 1. The van der Waals surface area contributed by atoms with Gasteiger partial charge in [0.2, 0.25) is 0 Å². The highest BCUT2D eigenvalue weighted by Gasteiger charge is 2.07. The topological polar surface area (TPSA) is 27.6 Å². The molecule has 0 saturated heterocycles. The van der Waals surface area contributed by atoms with Crippen molar-refractivity contribution < 1.29 is 0 Å². The van der Waals surface area contributed by atoms with Crippen molar-refractivity contribution in [3.8, 4) is 0 Å². The monoisotopic (exact) mass is 373 g/mol. The van der Waals surface area contributed by atoms with Gasteiger partial charge in [0.1, 0.15) is 0 Å². The average Bonchev–Trinajstić information content (AvgIpc) is 2.37. The van der Waals surface area contributed by atoms with E-state index in [1.54, 1.807) is 6.08 Å². The van der Waals surface area contributed by atoms with Crippen LogP contribution < -0.4 is 5.32 Å². The van der Waals surface area contributed by atoms with Crippen LogP contribution in [0.5, 0.6) is 0 Å². The summed E-state index contributed by atoms with van der Waals surface area (Å²) in [6.07, 6.45) is 1.80. The Morgan fingerprint density at radius 1 is 1.42 bits per heavy atom. The van der Waals surface area contributed by atoms with Crippen LogP contribution in [0, 0.1) is 6.92 Å². The molecule has 106 valence electrons. The predicted octanol–water partition coefficient (Wildman–Crippen LogP) is 3.20. The van der Waals surface area contributed by atoms with Gasteiger partial charge in [0.25, 0.3) is 0 Å². The van der Waals surface area contributed by atoms with Crippen LogP contribution in [0.3, 0.4) is 0 Å². The van der Waals surface area contributed by atoms with E-state index in [0.29, 0.717) is 6.54 Å². The highest BCUT2D eigenvalue weighted by molar-refractivity contribution is 14.0. The maximum absolute atomic E-state index is 4.47. The first-order valence-corrected chi connectivity index (χ1v) is 6.33. The van der Waals surface area contributed by atoms with Crippen molar-refractivity contribution in [2.24, 2.45) is 4.99 Å². The predicted molar refractivity (Wildman–Crippen MR) is 94.2 cm³/mol. The number of benzene rings is 1. The first-order chi connectivity index (χ1) is 8.69. The van der Waals surface area contributed by atoms with E-state index >= 15 is 0 Å². The minimum atomic E-state index is 0. The van der Waals surface area contributed by atoms with Gasteiger partial charge >= 0.3 is 0 Å². The van der Waals surface area contributed by atoms with Gasteiger partial charge in [0.15, 0.2) is 5.96 Å². The lowest BCUT2D eigenvalue weighted by atomic mass is 10.1. The molecule has 3 nitrogen and oxygen atoms in total. The van der Waals surface area contributed by atoms with Crippen LogP contribution in [-0.2, 0) is 6.54 Å². The van der Waals surface area contributed by atoms with Gasteiger partial charge in [0, 0.05) is 20.1 Å². The number of rotatable bonds is 5. The van der Waals surface area contributed by atoms with Crippen LogP contribution in [0.2, 0.25) is 0 Å². The van der Waals surface area contributed by atoms with Crippen LogP contribution in [0.4, 0.5) is 0 Å². The Kier molecular flexibility index (Phi) is 9.30. The molecular weight excluding hydrogens is 349 g/mol. The Morgan fingerprint density at radius 2 is 2.11 bits per heavy atom. The molecule has 0 bridgehead atoms. The molecule has 1 aromatic rings. The maximum atomic E-state index is 4.47. The fourth-order valence-corrected chi connectivity index (χ4v) is 1.74. The van der Waals surface area contributed by atoms with Crippen LogP contribution in [0.1, 0.15) is 18.1 Å². The van der Waals surface area contributed by atoms with Crippen molar-refractivity contribution in [2.45, 2.75) is 20.4 Å². The van der Waals surface area contributed by atoms with Crippen molar-refractivity contribution in [1.82, 2.24) is 10.2 Å². The lowest BCUT2D eigenvalue weighted by Gasteiger charge is -2.22. The summed E-state index contributed by atoms with van der Waals surface area (Å²) in [7, 11) is 2.05. The molecule has 1 rings (SSSR count). The molecule has 0 aliphatic carbocycles. The smallest absolute Gasteiger partial charge is 0.194 e. The minimum Gasteiger partial charge on any atom is -0.357 e. The fraction of sp³-hybridized carbons (Fsp3) is 0.400. The largest absolute Gasteiger partial charge is 0.357 e. The molecule has 1 N–H and O–H groups in total. The highest BCUT2D eigenvalue weighted by atomic mass is 127. The molecule has 0 fully saturated rings. The van der Waals surface area contributed by atoms with Crippen LogP contribution in [-0.4, -0.2) is 31.0 Å². The Hall–Kier alpha value is -1.04. The van der Waals surface area contributed by atoms with E-state index in [1.165, 1.54) is 11.1 Å². The summed E-state index contributed by atoms with van der Waals surface area (Å²) in [5.41, 5.74) is 2.63. The molecule has 0 aromatic heterocycles. The van der Waals surface area contributed by atoms with E-state index in [2.05, 4.69) is 66.9 Å². The number of nitrogens with zero attached hydrogens (tertiary/aromatic N) is 2. The van der Waals surface area contributed by atoms with Gasteiger partial charge in [-0.3, -0.25) is 0 Å². The summed E-state index contributed by atoms with van der Waals surface area (Å²) in [5.74, 6) is 0.917. The molecule has 4 heteroatoms. The molecule has 0 aliphatic rings. The summed E-state index contributed by atoms with van der Waals surface area (Å²) in [5, 5.41) is 3.29. The number of hydrogen-bond donors (Lipinski definition) is 1. The van der Waals surface area contributed by atoms with Crippen molar-refractivity contribution in [2.75, 3.05) is 20.1 Å². The van der Waals surface area contributed by atoms with Gasteiger partial charge in [-0.25, -0.2) is 4.99 Å². The Bertz CT molecular complexity index is 416. The van der Waals surface area contributed by atoms with Crippen molar-refractivity contribution in [3.05, 3.63) is 48.0 Å². The Morgan fingerprint density at radius 3 is 2.68 bits per heavy atom. The number of aryl methyl sites for hydroxylation is 1. The third kappa shape index (κ3) is 6.09. The van der Waals surface area contributed by atoms with Gasteiger partial charge in [-0.2, -0.15) is 0 Å². The van der Waals surface area contributed by atoms with E-state index in [-0.39, 0.29) is 24.0 Å². The van der Waals surface area contributed by atoms with Crippen molar-refractivity contribution >= 4 is 29.9 Å². The molecule has 19 heavy (non-hydrogen) atoms. The van der Waals surface area contributed by atoms with Crippen molar-refractivity contribution in [1.29, 1.82) is 0 Å². The SMILES string of the molecule is C=CCN=C(NCC)N(C)Cc1ccccc1C.I. The Labute approximate surface area is 133 Å². The van der Waals surface area contributed by atoms with Crippen LogP contribution in [0.15, 0.2) is 41.9 Å². The molecule has 0 heterocycles. The molecule has 0 saturated carbocycles. The van der Waals surface area contributed by atoms with E-state index in [4.69, 9.17) is 0 Å². The zero-order chi connectivity index (χ0) is 13.4. The van der Waals surface area contributed by atoms with E-state index in [0.717, 1.165) is 19.0 Å². The second-order valence-corrected chi connectivity index (χ2v) is 4.27. The zero-order valence-electron chi connectivity index (χ0n) is 12.0. The summed E-state index contributed by atoms with van der Waals surface area (Å²) in [6, 6.07) is 8.43. The van der Waals surface area contributed by atoms with E-state index in [9.17, 15) is 0 Å². The zero-order valence-corrected chi connectivity index (χ0v) is 14.3. The second-order valence-electron chi connectivity index (χ2n) is 4.27. The van der Waals surface area contributed by atoms with Gasteiger partial charge in [-0.05, 0) is 25.0 Å².